The van der Waals surface area contributed by atoms with Crippen LogP contribution in [0.2, 0.25) is 0 Å². The third-order valence-corrected chi connectivity index (χ3v) is 8.15. The zero-order valence-electron chi connectivity index (χ0n) is 24.6. The standard InChI is InChI=1S/C34H37N3O5S/c1-26-11-10-16-29(21-26)23-36(32(34(39)35-2)22-27-12-6-4-7-13-27)33(38)24-37(43(3,40)41)30-17-19-31(20-18-30)42-25-28-14-8-5-9-15-28/h4-21,32H,22-25H2,1-3H3,(H,35,39)/t32-/m0/s1. The van der Waals surface area contributed by atoms with Crippen molar-refractivity contribution in [3.63, 3.8) is 0 Å². The molecule has 0 radical (unpaired) electrons. The van der Waals surface area contributed by atoms with Gasteiger partial charge in [-0.3, -0.25) is 13.9 Å². The largest absolute Gasteiger partial charge is 0.489 e. The van der Waals surface area contributed by atoms with Gasteiger partial charge < -0.3 is 15.0 Å². The highest BCUT2D eigenvalue weighted by atomic mass is 32.2. The number of carbonyl (C=O) groups excluding carboxylic acids is 2. The summed E-state index contributed by atoms with van der Waals surface area (Å²) in [5, 5.41) is 2.68. The van der Waals surface area contributed by atoms with Crippen molar-refractivity contribution in [2.24, 2.45) is 0 Å². The van der Waals surface area contributed by atoms with E-state index in [4.69, 9.17) is 4.74 Å². The van der Waals surface area contributed by atoms with Crippen LogP contribution in [0.1, 0.15) is 22.3 Å². The minimum Gasteiger partial charge on any atom is -0.489 e. The van der Waals surface area contributed by atoms with E-state index in [1.165, 1.54) is 11.9 Å². The number of amides is 2. The Labute approximate surface area is 254 Å². The third-order valence-electron chi connectivity index (χ3n) is 7.01. The van der Waals surface area contributed by atoms with Crippen LogP contribution in [0, 0.1) is 6.92 Å². The summed E-state index contributed by atoms with van der Waals surface area (Å²) in [5.74, 6) is -0.271. The lowest BCUT2D eigenvalue weighted by Crippen LogP contribution is -2.52. The number of likely N-dealkylation sites (N-methyl/N-ethyl adjacent to an activating group) is 1. The first-order chi connectivity index (χ1) is 20.6. The maximum Gasteiger partial charge on any atom is 0.244 e. The number of rotatable bonds is 13. The Morgan fingerprint density at radius 1 is 0.814 bits per heavy atom. The van der Waals surface area contributed by atoms with Crippen LogP contribution in [-0.2, 0) is 39.2 Å². The Morgan fingerprint density at radius 2 is 1.42 bits per heavy atom. The van der Waals surface area contributed by atoms with Crippen molar-refractivity contribution in [3.8, 4) is 5.75 Å². The second-order valence-electron chi connectivity index (χ2n) is 10.4. The first kappa shape index (κ1) is 31.3. The van der Waals surface area contributed by atoms with Crippen molar-refractivity contribution >= 4 is 27.5 Å². The average Bonchev–Trinajstić information content (AvgIpc) is 3.01. The van der Waals surface area contributed by atoms with Crippen molar-refractivity contribution in [1.29, 1.82) is 0 Å². The molecule has 43 heavy (non-hydrogen) atoms. The van der Waals surface area contributed by atoms with Crippen molar-refractivity contribution in [3.05, 3.63) is 131 Å². The zero-order chi connectivity index (χ0) is 30.8. The summed E-state index contributed by atoms with van der Waals surface area (Å²) in [6, 6.07) is 32.5. The molecule has 1 N–H and O–H groups in total. The van der Waals surface area contributed by atoms with Gasteiger partial charge in [0.1, 0.15) is 24.9 Å². The number of sulfonamides is 1. The molecule has 0 aliphatic heterocycles. The molecule has 0 spiro atoms. The monoisotopic (exact) mass is 599 g/mol. The van der Waals surface area contributed by atoms with Crippen LogP contribution in [-0.4, -0.2) is 51.0 Å². The molecule has 0 bridgehead atoms. The molecule has 224 valence electrons. The van der Waals surface area contributed by atoms with Gasteiger partial charge in [0, 0.05) is 20.0 Å². The predicted molar refractivity (Wildman–Crippen MR) is 169 cm³/mol. The second kappa shape index (κ2) is 14.5. The summed E-state index contributed by atoms with van der Waals surface area (Å²) in [6.45, 7) is 1.98. The number of carbonyl (C=O) groups is 2. The molecule has 1 atom stereocenters. The Balaban J connectivity index is 1.61. The molecule has 0 saturated heterocycles. The van der Waals surface area contributed by atoms with E-state index in [-0.39, 0.29) is 18.9 Å². The molecule has 0 aromatic heterocycles. The third kappa shape index (κ3) is 8.93. The molecular formula is C34H37N3O5S. The van der Waals surface area contributed by atoms with Crippen LogP contribution in [0.5, 0.6) is 5.75 Å². The van der Waals surface area contributed by atoms with Gasteiger partial charge in [0.15, 0.2) is 0 Å². The van der Waals surface area contributed by atoms with E-state index in [1.807, 2.05) is 91.9 Å². The van der Waals surface area contributed by atoms with E-state index in [9.17, 15) is 18.0 Å². The van der Waals surface area contributed by atoms with Crippen molar-refractivity contribution < 1.29 is 22.7 Å². The molecule has 4 rings (SSSR count). The number of nitrogens with zero attached hydrogens (tertiary/aromatic N) is 2. The number of nitrogens with one attached hydrogen (secondary N) is 1. The van der Waals surface area contributed by atoms with E-state index in [1.54, 1.807) is 24.3 Å². The fourth-order valence-electron chi connectivity index (χ4n) is 4.79. The summed E-state index contributed by atoms with van der Waals surface area (Å²) in [6.07, 6.45) is 1.33. The number of aryl methyl sites for hydroxylation is 1. The highest BCUT2D eigenvalue weighted by molar-refractivity contribution is 7.92. The van der Waals surface area contributed by atoms with Crippen LogP contribution in [0.25, 0.3) is 0 Å². The quantitative estimate of drug-likeness (QED) is 0.240. The first-order valence-electron chi connectivity index (χ1n) is 14.0. The Bertz CT molecular complexity index is 1610. The summed E-state index contributed by atoms with van der Waals surface area (Å²) in [5.41, 5.74) is 4.05. The summed E-state index contributed by atoms with van der Waals surface area (Å²) >= 11 is 0. The maximum atomic E-state index is 14.1. The lowest BCUT2D eigenvalue weighted by atomic mass is 10.0. The molecule has 4 aromatic carbocycles. The number of anilines is 1. The van der Waals surface area contributed by atoms with Gasteiger partial charge in [-0.1, -0.05) is 90.5 Å². The van der Waals surface area contributed by atoms with E-state index < -0.39 is 28.5 Å². The fourth-order valence-corrected chi connectivity index (χ4v) is 5.64. The highest BCUT2D eigenvalue weighted by Gasteiger charge is 2.32. The number of benzene rings is 4. The van der Waals surface area contributed by atoms with Crippen molar-refractivity contribution in [1.82, 2.24) is 10.2 Å². The Hall–Kier alpha value is -4.63. The number of hydrogen-bond acceptors (Lipinski definition) is 5. The Morgan fingerprint density at radius 3 is 2.00 bits per heavy atom. The lowest BCUT2D eigenvalue weighted by molar-refractivity contribution is -0.139. The van der Waals surface area contributed by atoms with E-state index in [2.05, 4.69) is 5.32 Å². The molecule has 0 heterocycles. The van der Waals surface area contributed by atoms with E-state index in [0.717, 1.165) is 32.8 Å². The molecule has 8 nitrogen and oxygen atoms in total. The SMILES string of the molecule is CNC(=O)[C@H](Cc1ccccc1)N(Cc1cccc(C)c1)C(=O)CN(c1ccc(OCc2ccccc2)cc1)S(C)(=O)=O. The second-order valence-corrected chi connectivity index (χ2v) is 12.3. The number of ether oxygens (including phenoxy) is 1. The first-order valence-corrected chi connectivity index (χ1v) is 15.8. The van der Waals surface area contributed by atoms with Gasteiger partial charge >= 0.3 is 0 Å². The van der Waals surface area contributed by atoms with E-state index >= 15 is 0 Å². The van der Waals surface area contributed by atoms with Gasteiger partial charge in [0.2, 0.25) is 21.8 Å². The molecule has 9 heteroatoms. The summed E-state index contributed by atoms with van der Waals surface area (Å²) in [4.78, 5) is 28.7. The van der Waals surface area contributed by atoms with Crippen molar-refractivity contribution in [2.75, 3.05) is 24.2 Å². The van der Waals surface area contributed by atoms with Crippen molar-refractivity contribution in [2.45, 2.75) is 32.5 Å². The molecule has 0 aliphatic rings. The predicted octanol–water partition coefficient (Wildman–Crippen LogP) is 4.73. The van der Waals surface area contributed by atoms with Gasteiger partial charge in [-0.2, -0.15) is 0 Å². The number of hydrogen-bond donors (Lipinski definition) is 1. The van der Waals surface area contributed by atoms with Gasteiger partial charge in [-0.15, -0.1) is 0 Å². The van der Waals surface area contributed by atoms with Gasteiger partial charge in [-0.25, -0.2) is 8.42 Å². The molecular weight excluding hydrogens is 562 g/mol. The molecule has 0 saturated carbocycles. The van der Waals surface area contributed by atoms with Crippen LogP contribution < -0.4 is 14.4 Å². The van der Waals surface area contributed by atoms with Crippen LogP contribution in [0.4, 0.5) is 5.69 Å². The average molecular weight is 600 g/mol. The highest BCUT2D eigenvalue weighted by Crippen LogP contribution is 2.24. The smallest absolute Gasteiger partial charge is 0.244 e. The van der Waals surface area contributed by atoms with Gasteiger partial charge in [0.05, 0.1) is 11.9 Å². The Kier molecular flexibility index (Phi) is 10.6. The van der Waals surface area contributed by atoms with Crippen LogP contribution >= 0.6 is 0 Å². The minimum absolute atomic E-state index is 0.134. The minimum atomic E-state index is -3.86. The molecule has 2 amide bonds. The lowest BCUT2D eigenvalue weighted by Gasteiger charge is -2.33. The molecule has 4 aromatic rings. The molecule has 0 unspecified atom stereocenters. The normalized spacial score (nSPS) is 11.8. The van der Waals surface area contributed by atoms with Gasteiger partial charge in [0.25, 0.3) is 0 Å². The fraction of sp³-hybridized carbons (Fsp3) is 0.235. The summed E-state index contributed by atoms with van der Waals surface area (Å²) < 4.78 is 32.9. The molecule has 0 aliphatic carbocycles. The topological polar surface area (TPSA) is 96.0 Å². The maximum absolute atomic E-state index is 14.1. The van der Waals surface area contributed by atoms with Crippen LogP contribution in [0.3, 0.4) is 0 Å². The van der Waals surface area contributed by atoms with Crippen LogP contribution in [0.15, 0.2) is 109 Å². The zero-order valence-corrected chi connectivity index (χ0v) is 25.5. The van der Waals surface area contributed by atoms with Gasteiger partial charge in [-0.05, 0) is 47.9 Å². The van der Waals surface area contributed by atoms with E-state index in [0.29, 0.717) is 18.0 Å². The summed E-state index contributed by atoms with van der Waals surface area (Å²) in [7, 11) is -2.33. The molecule has 0 fully saturated rings.